The number of amides is 1. The topological polar surface area (TPSA) is 128 Å². The van der Waals surface area contributed by atoms with Crippen LogP contribution >= 0.6 is 11.8 Å². The Kier molecular flexibility index (Phi) is 4.72. The van der Waals surface area contributed by atoms with Crippen LogP contribution in [-0.2, 0) is 4.79 Å². The summed E-state index contributed by atoms with van der Waals surface area (Å²) in [7, 11) is 0. The predicted molar refractivity (Wildman–Crippen MR) is 101 cm³/mol. The number of rotatable bonds is 6. The third kappa shape index (κ3) is 3.55. The van der Waals surface area contributed by atoms with Crippen LogP contribution in [0, 0.1) is 10.1 Å². The Morgan fingerprint density at radius 1 is 1.18 bits per heavy atom. The number of benzene rings is 1. The molecule has 0 saturated heterocycles. The number of hydrogen-bond acceptors (Lipinski definition) is 8. The van der Waals surface area contributed by atoms with Gasteiger partial charge < -0.3 is 9.73 Å². The van der Waals surface area contributed by atoms with Gasteiger partial charge in [0.1, 0.15) is 11.4 Å². The van der Waals surface area contributed by atoms with E-state index in [0.29, 0.717) is 22.3 Å². The Bertz CT molecular complexity index is 1160. The highest BCUT2D eigenvalue weighted by atomic mass is 32.2. The van der Waals surface area contributed by atoms with Crippen molar-refractivity contribution in [1.29, 1.82) is 0 Å². The summed E-state index contributed by atoms with van der Waals surface area (Å²) in [5, 5.41) is 26.5. The second-order valence-corrected chi connectivity index (χ2v) is 6.50. The van der Waals surface area contributed by atoms with Crippen molar-refractivity contribution in [3.05, 3.63) is 64.9 Å². The van der Waals surface area contributed by atoms with Gasteiger partial charge in [0.15, 0.2) is 11.4 Å². The number of nitrogens with zero attached hydrogens (tertiary/aromatic N) is 5. The molecule has 0 unspecified atom stereocenters. The maximum atomic E-state index is 12.2. The van der Waals surface area contributed by atoms with Gasteiger partial charge in [0.25, 0.3) is 5.69 Å². The molecule has 0 bridgehead atoms. The molecule has 0 saturated carbocycles. The van der Waals surface area contributed by atoms with E-state index in [-0.39, 0.29) is 17.1 Å². The molecule has 3 heterocycles. The van der Waals surface area contributed by atoms with Crippen LogP contribution in [0.4, 0.5) is 11.4 Å². The molecule has 4 rings (SSSR count). The maximum Gasteiger partial charge on any atom is 0.292 e. The minimum atomic E-state index is -0.547. The highest BCUT2D eigenvalue weighted by Crippen LogP contribution is 2.24. The second kappa shape index (κ2) is 7.48. The fourth-order valence-corrected chi connectivity index (χ4v) is 3.16. The molecular formula is C17H12N6O4S. The smallest absolute Gasteiger partial charge is 0.292 e. The Balaban J connectivity index is 1.49. The molecule has 0 atom stereocenters. The van der Waals surface area contributed by atoms with Crippen LogP contribution in [0.25, 0.3) is 17.1 Å². The lowest BCUT2D eigenvalue weighted by Gasteiger charge is -2.05. The van der Waals surface area contributed by atoms with E-state index in [1.54, 1.807) is 36.6 Å². The van der Waals surface area contributed by atoms with Crippen molar-refractivity contribution in [2.45, 2.75) is 5.16 Å². The van der Waals surface area contributed by atoms with Crippen LogP contribution in [0.1, 0.15) is 0 Å². The number of nitro benzene ring substituents is 1. The number of carbonyl (C=O) groups is 1. The van der Waals surface area contributed by atoms with E-state index in [2.05, 4.69) is 20.6 Å². The highest BCUT2D eigenvalue weighted by molar-refractivity contribution is 7.99. The van der Waals surface area contributed by atoms with Crippen molar-refractivity contribution in [3.63, 3.8) is 0 Å². The summed E-state index contributed by atoms with van der Waals surface area (Å²) in [6, 6.07) is 13.0. The number of hydrogen-bond donors (Lipinski definition) is 1. The number of aromatic nitrogens is 4. The number of carbonyl (C=O) groups excluding carboxylic acids is 1. The average Bonchev–Trinajstić information content (AvgIpc) is 3.36. The lowest BCUT2D eigenvalue weighted by atomic mass is 10.2. The van der Waals surface area contributed by atoms with Crippen molar-refractivity contribution < 1.29 is 14.1 Å². The molecule has 28 heavy (non-hydrogen) atoms. The number of anilines is 1. The van der Waals surface area contributed by atoms with Crippen LogP contribution in [-0.4, -0.2) is 36.4 Å². The van der Waals surface area contributed by atoms with Gasteiger partial charge in [0.2, 0.25) is 11.1 Å². The minimum Gasteiger partial charge on any atom is -0.463 e. The van der Waals surface area contributed by atoms with Gasteiger partial charge in [-0.3, -0.25) is 14.9 Å². The van der Waals surface area contributed by atoms with Crippen LogP contribution in [0.5, 0.6) is 0 Å². The Hall–Kier alpha value is -3.73. The number of nitrogens with one attached hydrogen (secondary N) is 1. The molecule has 10 nitrogen and oxygen atoms in total. The number of fused-ring (bicyclic) bond motifs is 1. The quantitative estimate of drug-likeness (QED) is 0.299. The normalized spacial score (nSPS) is 10.9. The molecule has 0 fully saturated rings. The van der Waals surface area contributed by atoms with Crippen molar-refractivity contribution in [2.75, 3.05) is 11.1 Å². The summed E-state index contributed by atoms with van der Waals surface area (Å²) in [6.07, 6.45) is 1.55. The number of furan rings is 1. The Morgan fingerprint density at radius 3 is 2.82 bits per heavy atom. The van der Waals surface area contributed by atoms with Crippen LogP contribution in [0.3, 0.4) is 0 Å². The van der Waals surface area contributed by atoms with Crippen LogP contribution < -0.4 is 5.32 Å². The second-order valence-electron chi connectivity index (χ2n) is 5.56. The molecule has 0 aliphatic rings. The van der Waals surface area contributed by atoms with Gasteiger partial charge in [-0.15, -0.1) is 10.2 Å². The van der Waals surface area contributed by atoms with E-state index in [0.717, 1.165) is 11.8 Å². The molecule has 140 valence electrons. The largest absolute Gasteiger partial charge is 0.463 e. The Morgan fingerprint density at radius 2 is 2.04 bits per heavy atom. The first-order valence-electron chi connectivity index (χ1n) is 8.04. The first-order chi connectivity index (χ1) is 13.6. The van der Waals surface area contributed by atoms with E-state index < -0.39 is 10.8 Å². The maximum absolute atomic E-state index is 12.2. The molecule has 1 N–H and O–H groups in total. The van der Waals surface area contributed by atoms with Gasteiger partial charge >= 0.3 is 0 Å². The van der Waals surface area contributed by atoms with E-state index in [1.165, 1.54) is 22.7 Å². The lowest BCUT2D eigenvalue weighted by molar-refractivity contribution is -0.383. The summed E-state index contributed by atoms with van der Waals surface area (Å²) in [5.74, 6) is 0.179. The number of thioether (sulfide) groups is 1. The summed E-state index contributed by atoms with van der Waals surface area (Å²) in [6.45, 7) is 0. The van der Waals surface area contributed by atoms with E-state index >= 15 is 0 Å². The summed E-state index contributed by atoms with van der Waals surface area (Å²) in [4.78, 5) is 22.7. The molecule has 0 spiro atoms. The Labute approximate surface area is 161 Å². The molecule has 4 aromatic rings. The summed E-state index contributed by atoms with van der Waals surface area (Å²) >= 11 is 1.12. The molecular weight excluding hydrogens is 384 g/mol. The zero-order chi connectivity index (χ0) is 19.5. The van der Waals surface area contributed by atoms with Crippen molar-refractivity contribution in [2.24, 2.45) is 0 Å². The van der Waals surface area contributed by atoms with Crippen molar-refractivity contribution in [3.8, 4) is 11.5 Å². The van der Waals surface area contributed by atoms with Gasteiger partial charge in [0, 0.05) is 6.07 Å². The molecule has 3 aromatic heterocycles. The van der Waals surface area contributed by atoms with Gasteiger partial charge in [-0.2, -0.15) is 9.61 Å². The highest BCUT2D eigenvalue weighted by Gasteiger charge is 2.16. The zero-order valence-corrected chi connectivity index (χ0v) is 15.0. The van der Waals surface area contributed by atoms with Gasteiger partial charge in [-0.1, -0.05) is 23.9 Å². The third-order valence-electron chi connectivity index (χ3n) is 3.72. The molecule has 11 heteroatoms. The fraction of sp³-hybridized carbons (Fsp3) is 0.0588. The standard InChI is InChI=1S/C17H12N6O4S/c24-16(18-11-4-1-2-5-13(11)23(25)26)10-28-17-20-19-15-8-7-12(21-22(15)17)14-6-3-9-27-14/h1-9H,10H2,(H,18,24). The predicted octanol–water partition coefficient (Wildman–Crippen LogP) is 3.02. The minimum absolute atomic E-state index is 0.0144. The first kappa shape index (κ1) is 17.7. The van der Waals surface area contributed by atoms with E-state index in [9.17, 15) is 14.9 Å². The monoisotopic (exact) mass is 396 g/mol. The summed E-state index contributed by atoms with van der Waals surface area (Å²) < 4.78 is 6.85. The molecule has 0 radical (unpaired) electrons. The van der Waals surface area contributed by atoms with Crippen molar-refractivity contribution >= 4 is 34.7 Å². The van der Waals surface area contributed by atoms with E-state index in [1.807, 2.05) is 0 Å². The summed E-state index contributed by atoms with van der Waals surface area (Å²) in [5.41, 5.74) is 1.10. The van der Waals surface area contributed by atoms with Crippen LogP contribution in [0.15, 0.2) is 64.4 Å². The molecule has 1 amide bonds. The average molecular weight is 396 g/mol. The first-order valence-corrected chi connectivity index (χ1v) is 9.03. The number of para-hydroxylation sites is 2. The SMILES string of the molecule is O=C(CSc1nnc2ccc(-c3ccco3)nn12)Nc1ccccc1[N+](=O)[O-]. The molecule has 0 aliphatic heterocycles. The zero-order valence-electron chi connectivity index (χ0n) is 14.2. The van der Waals surface area contributed by atoms with Gasteiger partial charge in [0.05, 0.1) is 16.9 Å². The third-order valence-corrected chi connectivity index (χ3v) is 4.63. The lowest BCUT2D eigenvalue weighted by Crippen LogP contribution is -2.15. The fourth-order valence-electron chi connectivity index (χ4n) is 2.47. The van der Waals surface area contributed by atoms with E-state index in [4.69, 9.17) is 4.42 Å². The van der Waals surface area contributed by atoms with Gasteiger partial charge in [-0.25, -0.2) is 0 Å². The van der Waals surface area contributed by atoms with Crippen LogP contribution in [0.2, 0.25) is 0 Å². The van der Waals surface area contributed by atoms with Crippen molar-refractivity contribution in [1.82, 2.24) is 19.8 Å². The van der Waals surface area contributed by atoms with Gasteiger partial charge in [-0.05, 0) is 30.3 Å². The number of nitro groups is 1. The molecule has 0 aliphatic carbocycles. The molecule has 1 aromatic carbocycles.